The molecule has 4 aromatic rings. The third-order valence-corrected chi connectivity index (χ3v) is 6.60. The number of hydrogen-bond donors (Lipinski definition) is 0. The van der Waals surface area contributed by atoms with Crippen LogP contribution < -0.4 is 0 Å². The number of carbonyl (C=O) groups excluding carboxylic acids is 1. The first-order chi connectivity index (χ1) is 15.7. The second kappa shape index (κ2) is 8.03. The molecule has 5 rings (SSSR count). The zero-order chi connectivity index (χ0) is 23.3. The van der Waals surface area contributed by atoms with E-state index in [-0.39, 0.29) is 16.4 Å². The maximum Gasteiger partial charge on any atom is 0.420 e. The Hall–Kier alpha value is -3.11. The topological polar surface area (TPSA) is 63.6 Å². The number of rotatable bonds is 3. The number of nitrogens with zero attached hydrogens (tertiary/aromatic N) is 4. The summed E-state index contributed by atoms with van der Waals surface area (Å²) in [6.45, 7) is 2.60. The summed E-state index contributed by atoms with van der Waals surface area (Å²) in [5, 5.41) is 2.75. The molecule has 0 bridgehead atoms. The van der Waals surface area contributed by atoms with Gasteiger partial charge in [0.1, 0.15) is 5.15 Å². The lowest BCUT2D eigenvalue weighted by atomic mass is 10.1. The third kappa shape index (κ3) is 3.93. The van der Waals surface area contributed by atoms with Gasteiger partial charge in [0.25, 0.3) is 5.91 Å². The largest absolute Gasteiger partial charge is 0.472 e. The molecule has 0 unspecified atom stereocenters. The highest BCUT2D eigenvalue weighted by Crippen LogP contribution is 2.37. The molecule has 0 radical (unpaired) electrons. The van der Waals surface area contributed by atoms with Crippen LogP contribution in [0.4, 0.5) is 13.2 Å². The van der Waals surface area contributed by atoms with E-state index in [1.807, 2.05) is 18.4 Å². The van der Waals surface area contributed by atoms with E-state index in [2.05, 4.69) is 9.97 Å². The normalized spacial score (nSPS) is 14.7. The summed E-state index contributed by atoms with van der Waals surface area (Å²) >= 11 is 7.94. The highest BCUT2D eigenvalue weighted by molar-refractivity contribution is 7.09. The number of amides is 1. The van der Waals surface area contributed by atoms with Crippen LogP contribution in [0.15, 0.2) is 46.7 Å². The Kier molecular flexibility index (Phi) is 5.29. The molecule has 11 heteroatoms. The van der Waals surface area contributed by atoms with Crippen LogP contribution in [-0.4, -0.2) is 38.3 Å². The monoisotopic (exact) mass is 492 g/mol. The molecule has 5 heterocycles. The smallest absolute Gasteiger partial charge is 0.420 e. The van der Waals surface area contributed by atoms with Crippen LogP contribution in [0.3, 0.4) is 0 Å². The summed E-state index contributed by atoms with van der Waals surface area (Å²) in [7, 11) is 0. The molecular formula is C22H16ClF3N4O2S. The molecule has 6 nitrogen and oxygen atoms in total. The van der Waals surface area contributed by atoms with Crippen LogP contribution in [0.25, 0.3) is 22.3 Å². The van der Waals surface area contributed by atoms with Crippen LogP contribution in [0.5, 0.6) is 0 Å². The molecular weight excluding hydrogens is 477 g/mol. The van der Waals surface area contributed by atoms with Crippen LogP contribution >= 0.6 is 22.9 Å². The Morgan fingerprint density at radius 2 is 2.09 bits per heavy atom. The van der Waals surface area contributed by atoms with Crippen molar-refractivity contribution in [3.05, 3.63) is 69.4 Å². The number of aromatic nitrogens is 3. The molecule has 0 fully saturated rings. The molecule has 0 saturated heterocycles. The molecule has 1 aliphatic heterocycles. The minimum atomic E-state index is -4.69. The quantitative estimate of drug-likeness (QED) is 0.354. The number of fused-ring (bicyclic) bond motifs is 1. The van der Waals surface area contributed by atoms with Crippen molar-refractivity contribution in [1.82, 2.24) is 19.3 Å². The van der Waals surface area contributed by atoms with Gasteiger partial charge in [0.05, 0.1) is 28.8 Å². The molecule has 33 heavy (non-hydrogen) atoms. The molecule has 170 valence electrons. The Bertz CT molecular complexity index is 1390. The van der Waals surface area contributed by atoms with Crippen molar-refractivity contribution >= 4 is 40.1 Å². The van der Waals surface area contributed by atoms with Crippen molar-refractivity contribution in [3.63, 3.8) is 0 Å². The summed E-state index contributed by atoms with van der Waals surface area (Å²) in [4.78, 5) is 23.1. The fourth-order valence-corrected chi connectivity index (χ4v) is 4.68. The first-order valence-electron chi connectivity index (χ1n) is 9.94. The maximum absolute atomic E-state index is 13.8. The maximum atomic E-state index is 13.8. The molecule has 1 aliphatic rings. The van der Waals surface area contributed by atoms with E-state index >= 15 is 0 Å². The summed E-state index contributed by atoms with van der Waals surface area (Å²) < 4.78 is 47.5. The number of aryl methyl sites for hydroxylation is 1. The molecule has 0 aromatic carbocycles. The van der Waals surface area contributed by atoms with Crippen LogP contribution in [0, 0.1) is 6.92 Å². The zero-order valence-corrected chi connectivity index (χ0v) is 18.8. The van der Waals surface area contributed by atoms with Crippen LogP contribution in [0.2, 0.25) is 5.15 Å². The van der Waals surface area contributed by atoms with Gasteiger partial charge >= 0.3 is 6.18 Å². The minimum absolute atomic E-state index is 0.171. The van der Waals surface area contributed by atoms with E-state index in [1.54, 1.807) is 17.4 Å². The summed E-state index contributed by atoms with van der Waals surface area (Å²) in [5.74, 6) is -0.522. The average molecular weight is 493 g/mol. The highest BCUT2D eigenvalue weighted by atomic mass is 35.5. The Balaban J connectivity index is 1.52. The molecule has 0 spiro atoms. The predicted molar refractivity (Wildman–Crippen MR) is 118 cm³/mol. The van der Waals surface area contributed by atoms with Crippen molar-refractivity contribution in [2.45, 2.75) is 19.5 Å². The zero-order valence-electron chi connectivity index (χ0n) is 17.2. The Labute approximate surface area is 194 Å². The van der Waals surface area contributed by atoms with Gasteiger partial charge in [0.15, 0.2) is 11.3 Å². The van der Waals surface area contributed by atoms with Gasteiger partial charge in [-0.2, -0.15) is 13.2 Å². The van der Waals surface area contributed by atoms with E-state index < -0.39 is 23.3 Å². The lowest BCUT2D eigenvalue weighted by Gasteiger charge is -2.25. The number of carbonyl (C=O) groups is 1. The van der Waals surface area contributed by atoms with Gasteiger partial charge in [-0.15, -0.1) is 11.3 Å². The van der Waals surface area contributed by atoms with Gasteiger partial charge in [-0.25, -0.2) is 9.97 Å². The van der Waals surface area contributed by atoms with E-state index in [4.69, 9.17) is 16.0 Å². The minimum Gasteiger partial charge on any atom is -0.472 e. The van der Waals surface area contributed by atoms with Crippen molar-refractivity contribution in [2.75, 3.05) is 13.1 Å². The molecule has 0 aliphatic carbocycles. The fraction of sp³-hybridized carbons (Fsp3) is 0.227. The van der Waals surface area contributed by atoms with Gasteiger partial charge in [0.2, 0.25) is 0 Å². The number of thiazole rings is 1. The molecule has 1 amide bonds. The second-order valence-corrected chi connectivity index (χ2v) is 9.00. The fourth-order valence-electron chi connectivity index (χ4n) is 3.80. The van der Waals surface area contributed by atoms with Crippen molar-refractivity contribution in [2.24, 2.45) is 0 Å². The predicted octanol–water partition coefficient (Wildman–Crippen LogP) is 5.96. The standard InChI is InChI=1S/C22H16ClF3N4O2S/c1-12-27-17(11-33-12)13-2-5-29(6-3-13)21(31)18-19(23)30-9-15(14-4-7-32-10-14)8-16(20(30)28-18)22(24,25)26/h2,4,7-11H,3,5-6H2,1H3. The summed E-state index contributed by atoms with van der Waals surface area (Å²) in [6.07, 6.45) is 1.91. The number of halogens is 4. The van der Waals surface area contributed by atoms with Crippen molar-refractivity contribution < 1.29 is 22.4 Å². The first kappa shape index (κ1) is 21.7. The SMILES string of the molecule is Cc1nc(C2=CCN(C(=O)c3nc4c(C(F)(F)F)cc(-c5ccoc5)cn4c3Cl)CC2)cs1. The van der Waals surface area contributed by atoms with Gasteiger partial charge < -0.3 is 9.32 Å². The van der Waals surface area contributed by atoms with Crippen LogP contribution in [-0.2, 0) is 6.18 Å². The third-order valence-electron chi connectivity index (χ3n) is 5.47. The van der Waals surface area contributed by atoms with E-state index in [0.29, 0.717) is 25.1 Å². The lowest BCUT2D eigenvalue weighted by molar-refractivity contribution is -0.136. The first-order valence-corrected chi connectivity index (χ1v) is 11.2. The number of pyridine rings is 1. The number of alkyl halides is 3. The molecule has 0 saturated carbocycles. The van der Waals surface area contributed by atoms with Crippen LogP contribution in [0.1, 0.15) is 33.2 Å². The van der Waals surface area contributed by atoms with Crippen molar-refractivity contribution in [1.29, 1.82) is 0 Å². The lowest BCUT2D eigenvalue weighted by Crippen LogP contribution is -2.35. The van der Waals surface area contributed by atoms with Gasteiger partial charge in [0, 0.05) is 35.8 Å². The Morgan fingerprint density at radius 3 is 2.70 bits per heavy atom. The molecule has 0 atom stereocenters. The van der Waals surface area contributed by atoms with Gasteiger partial charge in [-0.1, -0.05) is 17.7 Å². The van der Waals surface area contributed by atoms with E-state index in [1.165, 1.54) is 23.6 Å². The average Bonchev–Trinajstić information content (AvgIpc) is 3.53. The van der Waals surface area contributed by atoms with E-state index in [9.17, 15) is 18.0 Å². The molecule has 0 N–H and O–H groups in total. The Morgan fingerprint density at radius 1 is 1.27 bits per heavy atom. The molecule has 4 aromatic heterocycles. The van der Waals surface area contributed by atoms with Gasteiger partial charge in [-0.3, -0.25) is 9.20 Å². The number of imidazole rings is 1. The summed E-state index contributed by atoms with van der Waals surface area (Å²) in [6, 6.07) is 2.52. The van der Waals surface area contributed by atoms with Gasteiger partial charge in [-0.05, 0) is 31.1 Å². The number of furan rings is 1. The van der Waals surface area contributed by atoms with E-state index in [0.717, 1.165) is 26.7 Å². The van der Waals surface area contributed by atoms with Crippen molar-refractivity contribution in [3.8, 4) is 11.1 Å². The highest BCUT2D eigenvalue weighted by Gasteiger charge is 2.36. The summed E-state index contributed by atoms with van der Waals surface area (Å²) in [5.41, 5.74) is 0.992. The second-order valence-electron chi connectivity index (χ2n) is 7.58. The number of hydrogen-bond acceptors (Lipinski definition) is 5.